The lowest BCUT2D eigenvalue weighted by Gasteiger charge is -2.36. The second-order valence-corrected chi connectivity index (χ2v) is 7.62. The van der Waals surface area contributed by atoms with Crippen molar-refractivity contribution in [2.75, 3.05) is 32.8 Å². The number of fused-ring (bicyclic) bond motifs is 1. The van der Waals surface area contributed by atoms with E-state index in [4.69, 9.17) is 4.74 Å². The highest BCUT2D eigenvalue weighted by molar-refractivity contribution is 5.80. The van der Waals surface area contributed by atoms with Crippen molar-refractivity contribution in [3.63, 3.8) is 0 Å². The van der Waals surface area contributed by atoms with Gasteiger partial charge in [0.15, 0.2) is 0 Å². The molecular weight excluding hydrogens is 344 g/mol. The SMILES string of the molecule is O=C(CC1COCCN1C(=O)CCc1n[nH]c2c1CCCC2)N1CC=CC1. The second kappa shape index (κ2) is 8.25. The molecule has 1 aliphatic carbocycles. The molecule has 0 radical (unpaired) electrons. The number of H-pyrrole nitrogens is 1. The summed E-state index contributed by atoms with van der Waals surface area (Å²) in [6.45, 7) is 2.89. The predicted octanol–water partition coefficient (Wildman–Crippen LogP) is 1.24. The summed E-state index contributed by atoms with van der Waals surface area (Å²) < 4.78 is 5.55. The highest BCUT2D eigenvalue weighted by Crippen LogP contribution is 2.23. The standard InChI is InChI=1S/C20H28N4O3/c25-19(8-7-18-16-5-1-2-6-17(16)21-22-18)24-11-12-27-14-15(24)13-20(26)23-9-3-4-10-23/h3-4,15H,1-2,5-14H2,(H,21,22). The summed E-state index contributed by atoms with van der Waals surface area (Å²) in [6, 6.07) is -0.160. The number of morpholine rings is 1. The average molecular weight is 372 g/mol. The third-order valence-electron chi connectivity index (χ3n) is 5.85. The van der Waals surface area contributed by atoms with Crippen molar-refractivity contribution in [2.45, 2.75) is 51.0 Å². The zero-order chi connectivity index (χ0) is 18.6. The van der Waals surface area contributed by atoms with E-state index in [0.717, 1.165) is 18.5 Å². The van der Waals surface area contributed by atoms with E-state index >= 15 is 0 Å². The molecule has 146 valence electrons. The van der Waals surface area contributed by atoms with Gasteiger partial charge in [0, 0.05) is 44.6 Å². The van der Waals surface area contributed by atoms with E-state index in [0.29, 0.717) is 52.1 Å². The summed E-state index contributed by atoms with van der Waals surface area (Å²) >= 11 is 0. The number of rotatable bonds is 5. The van der Waals surface area contributed by atoms with E-state index < -0.39 is 0 Å². The van der Waals surface area contributed by atoms with Crippen LogP contribution in [-0.2, 0) is 33.6 Å². The third-order valence-corrected chi connectivity index (χ3v) is 5.85. The van der Waals surface area contributed by atoms with Gasteiger partial charge in [-0.2, -0.15) is 5.10 Å². The van der Waals surface area contributed by atoms with Crippen LogP contribution in [0, 0.1) is 0 Å². The van der Waals surface area contributed by atoms with Crippen LogP contribution in [0.2, 0.25) is 0 Å². The van der Waals surface area contributed by atoms with Crippen LogP contribution in [0.1, 0.15) is 42.6 Å². The van der Waals surface area contributed by atoms with Crippen LogP contribution >= 0.6 is 0 Å². The molecule has 2 aliphatic heterocycles. The van der Waals surface area contributed by atoms with E-state index in [1.54, 1.807) is 0 Å². The molecule has 0 spiro atoms. The fourth-order valence-corrected chi connectivity index (χ4v) is 4.29. The molecule has 0 saturated carbocycles. The first-order valence-electron chi connectivity index (χ1n) is 10.1. The lowest BCUT2D eigenvalue weighted by molar-refractivity contribution is -0.143. The Labute approximate surface area is 159 Å². The van der Waals surface area contributed by atoms with Crippen molar-refractivity contribution >= 4 is 11.8 Å². The maximum Gasteiger partial charge on any atom is 0.225 e. The fraction of sp³-hybridized carbons (Fsp3) is 0.650. The number of amides is 2. The van der Waals surface area contributed by atoms with Gasteiger partial charge in [-0.25, -0.2) is 0 Å². The molecule has 1 atom stereocenters. The molecule has 7 nitrogen and oxygen atoms in total. The predicted molar refractivity (Wildman–Crippen MR) is 100 cm³/mol. The number of ether oxygens (including phenoxy) is 1. The van der Waals surface area contributed by atoms with Gasteiger partial charge in [-0.3, -0.25) is 14.7 Å². The number of carbonyl (C=O) groups is 2. The van der Waals surface area contributed by atoms with Crippen LogP contribution in [-0.4, -0.2) is 70.7 Å². The number of aromatic amines is 1. The third kappa shape index (κ3) is 4.08. The lowest BCUT2D eigenvalue weighted by Crippen LogP contribution is -2.50. The van der Waals surface area contributed by atoms with Crippen molar-refractivity contribution in [2.24, 2.45) is 0 Å². The van der Waals surface area contributed by atoms with Gasteiger partial charge < -0.3 is 14.5 Å². The number of aryl methyl sites for hydroxylation is 2. The first-order chi connectivity index (χ1) is 13.2. The number of carbonyl (C=O) groups excluding carboxylic acids is 2. The minimum absolute atomic E-state index is 0.0923. The number of hydrogen-bond acceptors (Lipinski definition) is 4. The molecule has 1 fully saturated rings. The van der Waals surface area contributed by atoms with Crippen molar-refractivity contribution in [3.05, 3.63) is 29.1 Å². The zero-order valence-corrected chi connectivity index (χ0v) is 15.8. The van der Waals surface area contributed by atoms with Gasteiger partial charge in [-0.1, -0.05) is 12.2 Å². The van der Waals surface area contributed by atoms with Gasteiger partial charge in [0.2, 0.25) is 11.8 Å². The minimum Gasteiger partial charge on any atom is -0.377 e. The van der Waals surface area contributed by atoms with Crippen LogP contribution in [0.15, 0.2) is 12.2 Å². The molecular formula is C20H28N4O3. The van der Waals surface area contributed by atoms with E-state index in [2.05, 4.69) is 10.2 Å². The first-order valence-corrected chi connectivity index (χ1v) is 10.1. The smallest absolute Gasteiger partial charge is 0.225 e. The molecule has 3 heterocycles. The Balaban J connectivity index is 1.34. The lowest BCUT2D eigenvalue weighted by atomic mass is 9.94. The Morgan fingerprint density at radius 3 is 2.85 bits per heavy atom. The molecule has 3 aliphatic rings. The molecule has 1 aromatic rings. The van der Waals surface area contributed by atoms with Crippen molar-refractivity contribution in [3.8, 4) is 0 Å². The summed E-state index contributed by atoms with van der Waals surface area (Å²) in [5.41, 5.74) is 3.61. The van der Waals surface area contributed by atoms with Gasteiger partial charge in [0.25, 0.3) is 0 Å². The van der Waals surface area contributed by atoms with Gasteiger partial charge >= 0.3 is 0 Å². The average Bonchev–Trinajstić information content (AvgIpc) is 3.37. The molecule has 1 aromatic heterocycles. The summed E-state index contributed by atoms with van der Waals surface area (Å²) in [5.74, 6) is 0.192. The largest absolute Gasteiger partial charge is 0.377 e. The Bertz CT molecular complexity index is 719. The second-order valence-electron chi connectivity index (χ2n) is 7.62. The molecule has 2 amide bonds. The maximum atomic E-state index is 12.9. The number of nitrogens with one attached hydrogen (secondary N) is 1. The summed E-state index contributed by atoms with van der Waals surface area (Å²) in [6.07, 6.45) is 9.99. The number of nitrogens with zero attached hydrogens (tertiary/aromatic N) is 3. The van der Waals surface area contributed by atoms with E-state index in [-0.39, 0.29) is 17.9 Å². The first kappa shape index (κ1) is 18.2. The fourth-order valence-electron chi connectivity index (χ4n) is 4.29. The van der Waals surface area contributed by atoms with Crippen LogP contribution in [0.5, 0.6) is 0 Å². The number of hydrogen-bond donors (Lipinski definition) is 1. The highest BCUT2D eigenvalue weighted by Gasteiger charge is 2.31. The molecule has 1 saturated heterocycles. The Morgan fingerprint density at radius 2 is 2.00 bits per heavy atom. The van der Waals surface area contributed by atoms with Crippen LogP contribution < -0.4 is 0 Å². The normalized spacial score (nSPS) is 22.1. The monoisotopic (exact) mass is 372 g/mol. The van der Waals surface area contributed by atoms with Crippen molar-refractivity contribution in [1.82, 2.24) is 20.0 Å². The molecule has 1 N–H and O–H groups in total. The van der Waals surface area contributed by atoms with E-state index in [9.17, 15) is 9.59 Å². The Hall–Kier alpha value is -2.15. The molecule has 1 unspecified atom stereocenters. The Kier molecular flexibility index (Phi) is 5.57. The highest BCUT2D eigenvalue weighted by atomic mass is 16.5. The van der Waals surface area contributed by atoms with Crippen LogP contribution in [0.25, 0.3) is 0 Å². The molecule has 7 heteroatoms. The molecule has 0 bridgehead atoms. The van der Waals surface area contributed by atoms with Gasteiger partial charge in [0.05, 0.1) is 24.9 Å². The minimum atomic E-state index is -0.160. The van der Waals surface area contributed by atoms with E-state index in [1.165, 1.54) is 24.1 Å². The Morgan fingerprint density at radius 1 is 1.19 bits per heavy atom. The van der Waals surface area contributed by atoms with Crippen molar-refractivity contribution < 1.29 is 14.3 Å². The topological polar surface area (TPSA) is 78.5 Å². The van der Waals surface area contributed by atoms with E-state index in [1.807, 2.05) is 22.0 Å². The van der Waals surface area contributed by atoms with Crippen LogP contribution in [0.3, 0.4) is 0 Å². The molecule has 0 aromatic carbocycles. The summed E-state index contributed by atoms with van der Waals surface area (Å²) in [5, 5.41) is 7.59. The maximum absolute atomic E-state index is 12.9. The van der Waals surface area contributed by atoms with Gasteiger partial charge in [0.1, 0.15) is 0 Å². The molecule has 4 rings (SSSR count). The molecule has 27 heavy (non-hydrogen) atoms. The summed E-state index contributed by atoms with van der Waals surface area (Å²) in [7, 11) is 0. The van der Waals surface area contributed by atoms with Crippen LogP contribution in [0.4, 0.5) is 0 Å². The quantitative estimate of drug-likeness (QED) is 0.789. The van der Waals surface area contributed by atoms with Crippen molar-refractivity contribution in [1.29, 1.82) is 0 Å². The number of aromatic nitrogens is 2. The zero-order valence-electron chi connectivity index (χ0n) is 15.8. The van der Waals surface area contributed by atoms with Gasteiger partial charge in [-0.05, 0) is 31.2 Å². The van der Waals surface area contributed by atoms with Gasteiger partial charge in [-0.15, -0.1) is 0 Å². The summed E-state index contributed by atoms with van der Waals surface area (Å²) in [4.78, 5) is 29.0.